The number of furan rings is 1. The molecule has 1 N–H and O–H groups in total. The van der Waals surface area contributed by atoms with E-state index in [1.54, 1.807) is 36.4 Å². The summed E-state index contributed by atoms with van der Waals surface area (Å²) >= 11 is 1.39. The van der Waals surface area contributed by atoms with Gasteiger partial charge < -0.3 is 19.4 Å². The minimum atomic E-state index is -0.809. The van der Waals surface area contributed by atoms with Gasteiger partial charge in [-0.05, 0) is 24.3 Å². The Bertz CT molecular complexity index is 922. The molecule has 2 atom stereocenters. The molecular weight excluding hydrogens is 382 g/mol. The number of esters is 1. The highest BCUT2D eigenvalue weighted by atomic mass is 32.2. The predicted octanol–water partition coefficient (Wildman–Crippen LogP) is 2.30. The number of nitriles is 1. The number of hydrogen-bond donors (Lipinski definition) is 1. The molecule has 0 saturated carbocycles. The van der Waals surface area contributed by atoms with Crippen molar-refractivity contribution in [2.24, 2.45) is 0 Å². The second kappa shape index (κ2) is 8.63. The van der Waals surface area contributed by atoms with Crippen LogP contribution in [-0.2, 0) is 19.1 Å². The second-order valence-corrected chi connectivity index (χ2v) is 7.07. The molecule has 2 heterocycles. The molecule has 144 valence electrons. The number of para-hydroxylation sites is 1. The highest BCUT2D eigenvalue weighted by molar-refractivity contribution is 7.99. The van der Waals surface area contributed by atoms with Crippen LogP contribution in [0, 0.1) is 11.3 Å². The van der Waals surface area contributed by atoms with Crippen LogP contribution in [0.1, 0.15) is 23.6 Å². The maximum atomic E-state index is 12.5. The van der Waals surface area contributed by atoms with Crippen molar-refractivity contribution < 1.29 is 23.5 Å². The summed E-state index contributed by atoms with van der Waals surface area (Å²) in [6, 6.07) is 11.1. The van der Waals surface area contributed by atoms with Crippen molar-refractivity contribution in [3.8, 4) is 6.07 Å². The van der Waals surface area contributed by atoms with Gasteiger partial charge in [0.25, 0.3) is 5.91 Å². The van der Waals surface area contributed by atoms with E-state index in [0.29, 0.717) is 22.8 Å². The van der Waals surface area contributed by atoms with Crippen LogP contribution in [0.25, 0.3) is 0 Å². The molecule has 0 aliphatic carbocycles. The van der Waals surface area contributed by atoms with E-state index in [1.165, 1.54) is 29.8 Å². The summed E-state index contributed by atoms with van der Waals surface area (Å²) in [4.78, 5) is 38.0. The fourth-order valence-electron chi connectivity index (χ4n) is 2.83. The summed E-state index contributed by atoms with van der Waals surface area (Å²) in [6.07, 6.45) is 1.50. The van der Waals surface area contributed by atoms with E-state index in [2.05, 4.69) is 5.32 Å². The molecule has 1 aliphatic rings. The molecule has 1 aromatic carbocycles. The second-order valence-electron chi connectivity index (χ2n) is 5.96. The van der Waals surface area contributed by atoms with Crippen LogP contribution in [0.3, 0.4) is 0 Å². The molecule has 9 heteroatoms. The summed E-state index contributed by atoms with van der Waals surface area (Å²) in [7, 11) is 0. The predicted molar refractivity (Wildman–Crippen MR) is 101 cm³/mol. The minimum absolute atomic E-state index is 0.291. The molecule has 8 nitrogen and oxygen atoms in total. The van der Waals surface area contributed by atoms with E-state index < -0.39 is 29.9 Å². The van der Waals surface area contributed by atoms with Crippen LogP contribution >= 0.6 is 11.8 Å². The van der Waals surface area contributed by atoms with Gasteiger partial charge in [0.05, 0.1) is 17.5 Å². The molecule has 0 spiro atoms. The summed E-state index contributed by atoms with van der Waals surface area (Å²) in [5.74, 6) is -0.621. The fourth-order valence-corrected chi connectivity index (χ4v) is 4.25. The van der Waals surface area contributed by atoms with Crippen LogP contribution in [0.15, 0.2) is 47.1 Å². The number of benzene rings is 1. The van der Waals surface area contributed by atoms with Crippen LogP contribution < -0.4 is 5.32 Å². The van der Waals surface area contributed by atoms with Crippen molar-refractivity contribution in [3.05, 3.63) is 54.0 Å². The van der Waals surface area contributed by atoms with Crippen molar-refractivity contribution in [1.82, 2.24) is 4.90 Å². The average Bonchev–Trinajstić information content (AvgIpc) is 3.35. The summed E-state index contributed by atoms with van der Waals surface area (Å²) < 4.78 is 10.5. The van der Waals surface area contributed by atoms with Crippen molar-refractivity contribution in [2.45, 2.75) is 18.3 Å². The Balaban J connectivity index is 1.60. The van der Waals surface area contributed by atoms with E-state index in [9.17, 15) is 14.4 Å². The topological polar surface area (TPSA) is 113 Å². The maximum Gasteiger partial charge on any atom is 0.330 e. The average molecular weight is 399 g/mol. The zero-order valence-electron chi connectivity index (χ0n) is 15.0. The van der Waals surface area contributed by atoms with E-state index in [4.69, 9.17) is 14.4 Å². The Labute approximate surface area is 165 Å². The van der Waals surface area contributed by atoms with Gasteiger partial charge in [-0.15, -0.1) is 11.8 Å². The molecule has 2 amide bonds. The standard InChI is InChI=1S/C19H17N3O5S/c1-12(23)22-15(11-28-18(22)16-7-4-8-26-16)19(25)27-10-17(24)21-14-6-3-2-5-13(14)9-20/h2-8,15,18H,10-11H2,1H3,(H,21,24)/t15-,18-/m0/s1. The lowest BCUT2D eigenvalue weighted by Crippen LogP contribution is -2.43. The van der Waals surface area contributed by atoms with Gasteiger partial charge in [-0.1, -0.05) is 12.1 Å². The molecule has 0 unspecified atom stereocenters. The molecular formula is C19H17N3O5S. The van der Waals surface area contributed by atoms with E-state index in [1.807, 2.05) is 6.07 Å². The molecule has 2 aromatic rings. The number of anilines is 1. The van der Waals surface area contributed by atoms with Gasteiger partial charge in [0.1, 0.15) is 23.2 Å². The zero-order chi connectivity index (χ0) is 20.1. The molecule has 0 radical (unpaired) electrons. The number of carbonyl (C=O) groups excluding carboxylic acids is 3. The zero-order valence-corrected chi connectivity index (χ0v) is 15.8. The SMILES string of the molecule is CC(=O)N1[C@H](C(=O)OCC(=O)Nc2ccccc2C#N)CS[C@H]1c1ccco1. The van der Waals surface area contributed by atoms with Crippen LogP contribution in [0.5, 0.6) is 0 Å². The largest absolute Gasteiger partial charge is 0.466 e. The maximum absolute atomic E-state index is 12.5. The first-order valence-corrected chi connectivity index (χ1v) is 9.45. The minimum Gasteiger partial charge on any atom is -0.466 e. The highest BCUT2D eigenvalue weighted by Gasteiger charge is 2.43. The molecule has 0 bridgehead atoms. The lowest BCUT2D eigenvalue weighted by molar-refractivity contribution is -0.155. The summed E-state index contributed by atoms with van der Waals surface area (Å²) in [6.45, 7) is 0.852. The van der Waals surface area contributed by atoms with Crippen LogP contribution in [0.4, 0.5) is 5.69 Å². The lowest BCUT2D eigenvalue weighted by atomic mass is 10.2. The number of nitrogens with zero attached hydrogens (tertiary/aromatic N) is 2. The van der Waals surface area contributed by atoms with E-state index in [-0.39, 0.29) is 5.91 Å². The Kier molecular flexibility index (Phi) is 6.01. The molecule has 1 fully saturated rings. The van der Waals surface area contributed by atoms with Crippen LogP contribution in [-0.4, -0.2) is 41.1 Å². The van der Waals surface area contributed by atoms with Gasteiger partial charge in [-0.25, -0.2) is 4.79 Å². The lowest BCUT2D eigenvalue weighted by Gasteiger charge is -2.25. The molecule has 3 rings (SSSR count). The van der Waals surface area contributed by atoms with Gasteiger partial charge in [0.2, 0.25) is 5.91 Å². The van der Waals surface area contributed by atoms with Gasteiger partial charge in [0.15, 0.2) is 6.61 Å². The number of amides is 2. The molecule has 1 aliphatic heterocycles. The molecule has 1 aromatic heterocycles. The molecule has 28 heavy (non-hydrogen) atoms. The van der Waals surface area contributed by atoms with Gasteiger partial charge in [0, 0.05) is 12.7 Å². The van der Waals surface area contributed by atoms with Crippen LogP contribution in [0.2, 0.25) is 0 Å². The Morgan fingerprint density at radius 2 is 2.11 bits per heavy atom. The summed E-state index contributed by atoms with van der Waals surface area (Å²) in [5, 5.41) is 11.2. The molecule has 1 saturated heterocycles. The van der Waals surface area contributed by atoms with Crippen molar-refractivity contribution >= 4 is 35.2 Å². The Hall–Kier alpha value is -3.25. The van der Waals surface area contributed by atoms with Gasteiger partial charge in [-0.2, -0.15) is 5.26 Å². The fraction of sp³-hybridized carbons (Fsp3) is 0.263. The third-order valence-electron chi connectivity index (χ3n) is 4.09. The third kappa shape index (κ3) is 4.18. The first-order chi connectivity index (χ1) is 13.5. The first kappa shape index (κ1) is 19.5. The number of nitrogens with one attached hydrogen (secondary N) is 1. The smallest absolute Gasteiger partial charge is 0.330 e. The monoisotopic (exact) mass is 399 g/mol. The first-order valence-electron chi connectivity index (χ1n) is 8.40. The number of ether oxygens (including phenoxy) is 1. The highest BCUT2D eigenvalue weighted by Crippen LogP contribution is 2.41. The normalized spacial score (nSPS) is 18.4. The quantitative estimate of drug-likeness (QED) is 0.768. The van der Waals surface area contributed by atoms with E-state index in [0.717, 1.165) is 0 Å². The summed E-state index contributed by atoms with van der Waals surface area (Å²) in [5.41, 5.74) is 0.643. The van der Waals surface area contributed by atoms with Crippen molar-refractivity contribution in [3.63, 3.8) is 0 Å². The Morgan fingerprint density at radius 3 is 2.79 bits per heavy atom. The number of rotatable bonds is 5. The Morgan fingerprint density at radius 1 is 1.32 bits per heavy atom. The van der Waals surface area contributed by atoms with Gasteiger partial charge >= 0.3 is 5.97 Å². The third-order valence-corrected chi connectivity index (χ3v) is 5.37. The van der Waals surface area contributed by atoms with Crippen molar-refractivity contribution in [1.29, 1.82) is 5.26 Å². The number of thioether (sulfide) groups is 1. The van der Waals surface area contributed by atoms with Gasteiger partial charge in [-0.3, -0.25) is 9.59 Å². The van der Waals surface area contributed by atoms with Crippen molar-refractivity contribution in [2.75, 3.05) is 17.7 Å². The number of hydrogen-bond acceptors (Lipinski definition) is 7. The number of carbonyl (C=O) groups is 3. The van der Waals surface area contributed by atoms with E-state index >= 15 is 0 Å².